The Labute approximate surface area is 167 Å². The van der Waals surface area contributed by atoms with E-state index in [2.05, 4.69) is 31.1 Å². The second kappa shape index (κ2) is 11.0. The molecule has 2 aromatic rings. The van der Waals surface area contributed by atoms with Gasteiger partial charge in [-0.15, -0.1) is 0 Å². The van der Waals surface area contributed by atoms with E-state index in [1.165, 1.54) is 0 Å². The van der Waals surface area contributed by atoms with Crippen LogP contribution in [-0.4, -0.2) is 25.7 Å². The first-order valence-electron chi connectivity index (χ1n) is 9.56. The van der Waals surface area contributed by atoms with Crippen molar-refractivity contribution in [2.24, 2.45) is 5.92 Å². The van der Waals surface area contributed by atoms with E-state index in [9.17, 15) is 4.79 Å². The molecule has 5 nitrogen and oxygen atoms in total. The number of rotatable bonds is 11. The van der Waals surface area contributed by atoms with E-state index in [0.717, 1.165) is 23.4 Å². The summed E-state index contributed by atoms with van der Waals surface area (Å²) in [4.78, 5) is 12.2. The molecule has 0 saturated carbocycles. The van der Waals surface area contributed by atoms with Crippen LogP contribution in [0.2, 0.25) is 0 Å². The maximum absolute atomic E-state index is 12.2. The van der Waals surface area contributed by atoms with Gasteiger partial charge in [0.15, 0.2) is 0 Å². The lowest BCUT2D eigenvalue weighted by Gasteiger charge is -2.11. The van der Waals surface area contributed by atoms with Crippen LogP contribution in [-0.2, 0) is 4.79 Å². The Kier molecular flexibility index (Phi) is 8.40. The van der Waals surface area contributed by atoms with Gasteiger partial charge in [-0.25, -0.2) is 0 Å². The summed E-state index contributed by atoms with van der Waals surface area (Å²) >= 11 is 0. The van der Waals surface area contributed by atoms with Crippen LogP contribution < -0.4 is 20.1 Å². The monoisotopic (exact) mass is 382 g/mol. The molecule has 28 heavy (non-hydrogen) atoms. The van der Waals surface area contributed by atoms with Crippen molar-refractivity contribution >= 4 is 17.3 Å². The second-order valence-corrected chi connectivity index (χ2v) is 7.23. The average Bonchev–Trinajstić information content (AvgIpc) is 2.66. The molecule has 0 aliphatic carbocycles. The van der Waals surface area contributed by atoms with Gasteiger partial charge in [0.2, 0.25) is 5.91 Å². The number of benzene rings is 2. The Morgan fingerprint density at radius 3 is 2.46 bits per heavy atom. The minimum atomic E-state index is -0.130. The van der Waals surface area contributed by atoms with Gasteiger partial charge >= 0.3 is 0 Å². The van der Waals surface area contributed by atoms with Crippen LogP contribution in [0.5, 0.6) is 11.5 Å². The summed E-state index contributed by atoms with van der Waals surface area (Å²) in [6.07, 6.45) is 1.03. The summed E-state index contributed by atoms with van der Waals surface area (Å²) in [5.41, 5.74) is 2.50. The van der Waals surface area contributed by atoms with E-state index in [-0.39, 0.29) is 12.5 Å². The summed E-state index contributed by atoms with van der Waals surface area (Å²) in [7, 11) is 0. The highest BCUT2D eigenvalue weighted by Crippen LogP contribution is 2.19. The predicted octanol–water partition coefficient (Wildman–Crippen LogP) is 5.12. The lowest BCUT2D eigenvalue weighted by Crippen LogP contribution is -2.21. The minimum Gasteiger partial charge on any atom is -0.494 e. The Morgan fingerprint density at radius 2 is 1.79 bits per heavy atom. The Balaban J connectivity index is 1.77. The normalized spacial score (nSPS) is 10.4. The number of carbonyl (C=O) groups excluding carboxylic acids is 1. The molecule has 0 spiro atoms. The lowest BCUT2D eigenvalue weighted by atomic mass is 10.1. The highest BCUT2D eigenvalue weighted by atomic mass is 16.5. The number of nitrogens with one attached hydrogen (secondary N) is 2. The first-order chi connectivity index (χ1) is 13.4. The van der Waals surface area contributed by atoms with E-state index in [1.54, 1.807) is 6.07 Å². The van der Waals surface area contributed by atoms with Crippen molar-refractivity contribution in [2.75, 3.05) is 30.4 Å². The van der Waals surface area contributed by atoms with Gasteiger partial charge in [0.05, 0.1) is 13.2 Å². The molecule has 0 aromatic heterocycles. The summed E-state index contributed by atoms with van der Waals surface area (Å²) in [5.74, 6) is 2.02. The SMILES string of the molecule is C=C(C)COc1cccc(NC(=O)CNc2ccc(OCCC(C)C)cc2)c1. The quantitative estimate of drug-likeness (QED) is 0.530. The number of amides is 1. The first kappa shape index (κ1) is 21.4. The number of anilines is 2. The molecule has 0 saturated heterocycles. The molecule has 2 N–H and O–H groups in total. The summed E-state index contributed by atoms with van der Waals surface area (Å²) in [5, 5.41) is 5.97. The Bertz CT molecular complexity index is 770. The maximum atomic E-state index is 12.2. The molecule has 2 aromatic carbocycles. The van der Waals surface area contributed by atoms with Crippen molar-refractivity contribution < 1.29 is 14.3 Å². The van der Waals surface area contributed by atoms with Crippen LogP contribution in [0.1, 0.15) is 27.2 Å². The molecule has 0 atom stereocenters. The number of hydrogen-bond acceptors (Lipinski definition) is 4. The molecule has 0 heterocycles. The van der Waals surface area contributed by atoms with E-state index in [0.29, 0.717) is 30.6 Å². The van der Waals surface area contributed by atoms with E-state index >= 15 is 0 Å². The fourth-order valence-electron chi connectivity index (χ4n) is 2.34. The van der Waals surface area contributed by atoms with Gasteiger partial charge in [-0.1, -0.05) is 26.5 Å². The van der Waals surface area contributed by atoms with Gasteiger partial charge in [0, 0.05) is 17.4 Å². The summed E-state index contributed by atoms with van der Waals surface area (Å²) in [6.45, 7) is 11.4. The zero-order valence-corrected chi connectivity index (χ0v) is 17.0. The highest BCUT2D eigenvalue weighted by molar-refractivity contribution is 5.93. The fraction of sp³-hybridized carbons (Fsp3) is 0.348. The number of hydrogen-bond donors (Lipinski definition) is 2. The van der Waals surface area contributed by atoms with Crippen molar-refractivity contribution in [1.82, 2.24) is 0 Å². The number of ether oxygens (including phenoxy) is 2. The van der Waals surface area contributed by atoms with Crippen LogP contribution in [0.15, 0.2) is 60.7 Å². The fourth-order valence-corrected chi connectivity index (χ4v) is 2.34. The molecule has 0 radical (unpaired) electrons. The van der Waals surface area contributed by atoms with Crippen LogP contribution in [0.3, 0.4) is 0 Å². The van der Waals surface area contributed by atoms with Crippen molar-refractivity contribution in [3.8, 4) is 11.5 Å². The van der Waals surface area contributed by atoms with Gasteiger partial charge < -0.3 is 20.1 Å². The third-order valence-electron chi connectivity index (χ3n) is 3.87. The standard InChI is InChI=1S/C23H30N2O3/c1-17(2)12-13-27-21-10-8-19(9-11-21)24-15-23(26)25-20-6-5-7-22(14-20)28-16-18(3)4/h5-11,14,17,24H,3,12-13,15-16H2,1-2,4H3,(H,25,26). The van der Waals surface area contributed by atoms with Crippen molar-refractivity contribution in [2.45, 2.75) is 27.2 Å². The molecule has 1 amide bonds. The molecule has 0 bridgehead atoms. The Hall–Kier alpha value is -2.95. The smallest absolute Gasteiger partial charge is 0.243 e. The molecule has 0 aliphatic heterocycles. The lowest BCUT2D eigenvalue weighted by molar-refractivity contribution is -0.114. The average molecular weight is 383 g/mol. The highest BCUT2D eigenvalue weighted by Gasteiger charge is 2.04. The van der Waals surface area contributed by atoms with Crippen molar-refractivity contribution in [3.05, 3.63) is 60.7 Å². The van der Waals surface area contributed by atoms with E-state index in [1.807, 2.05) is 49.4 Å². The molecule has 0 fully saturated rings. The topological polar surface area (TPSA) is 59.6 Å². The second-order valence-electron chi connectivity index (χ2n) is 7.23. The number of carbonyl (C=O) groups is 1. The maximum Gasteiger partial charge on any atom is 0.243 e. The zero-order valence-electron chi connectivity index (χ0n) is 17.0. The third kappa shape index (κ3) is 8.16. The Morgan fingerprint density at radius 1 is 1.04 bits per heavy atom. The van der Waals surface area contributed by atoms with Gasteiger partial charge in [0.25, 0.3) is 0 Å². The summed E-state index contributed by atoms with van der Waals surface area (Å²) in [6, 6.07) is 14.9. The zero-order chi connectivity index (χ0) is 20.4. The van der Waals surface area contributed by atoms with Gasteiger partial charge in [-0.05, 0) is 61.2 Å². The molecular formula is C23H30N2O3. The van der Waals surface area contributed by atoms with E-state index < -0.39 is 0 Å². The van der Waals surface area contributed by atoms with Gasteiger partial charge in [-0.2, -0.15) is 0 Å². The summed E-state index contributed by atoms with van der Waals surface area (Å²) < 4.78 is 11.3. The van der Waals surface area contributed by atoms with Gasteiger partial charge in [0.1, 0.15) is 18.1 Å². The molecule has 2 rings (SSSR count). The van der Waals surface area contributed by atoms with Crippen LogP contribution in [0.4, 0.5) is 11.4 Å². The predicted molar refractivity (Wildman–Crippen MR) is 115 cm³/mol. The van der Waals surface area contributed by atoms with Gasteiger partial charge in [-0.3, -0.25) is 4.79 Å². The third-order valence-corrected chi connectivity index (χ3v) is 3.87. The largest absolute Gasteiger partial charge is 0.494 e. The van der Waals surface area contributed by atoms with Crippen molar-refractivity contribution in [3.63, 3.8) is 0 Å². The van der Waals surface area contributed by atoms with E-state index in [4.69, 9.17) is 9.47 Å². The molecule has 0 aliphatic rings. The molecular weight excluding hydrogens is 352 g/mol. The van der Waals surface area contributed by atoms with Crippen LogP contribution in [0, 0.1) is 5.92 Å². The van der Waals surface area contributed by atoms with Crippen molar-refractivity contribution in [1.29, 1.82) is 0 Å². The molecule has 5 heteroatoms. The van der Waals surface area contributed by atoms with Crippen LogP contribution in [0.25, 0.3) is 0 Å². The molecule has 0 unspecified atom stereocenters. The van der Waals surface area contributed by atoms with Crippen LogP contribution >= 0.6 is 0 Å². The molecule has 150 valence electrons. The first-order valence-corrected chi connectivity index (χ1v) is 9.56. The minimum absolute atomic E-state index is 0.130.